The Morgan fingerprint density at radius 2 is 1.81 bits per heavy atom. The summed E-state index contributed by atoms with van der Waals surface area (Å²) < 4.78 is 40.7. The fraction of sp³-hybridized carbons (Fsp3) is 0.471. The molecule has 0 aliphatic heterocycles. The molecule has 0 fully saturated rings. The van der Waals surface area contributed by atoms with Crippen molar-refractivity contribution in [3.63, 3.8) is 0 Å². The molecule has 1 atom stereocenters. The van der Waals surface area contributed by atoms with E-state index in [1.807, 2.05) is 0 Å². The van der Waals surface area contributed by atoms with Gasteiger partial charge in [0.25, 0.3) is 5.91 Å². The molecule has 1 aromatic carbocycles. The summed E-state index contributed by atoms with van der Waals surface area (Å²) >= 11 is 0. The van der Waals surface area contributed by atoms with E-state index in [9.17, 15) is 22.8 Å². The van der Waals surface area contributed by atoms with Gasteiger partial charge in [-0.3, -0.25) is 4.79 Å². The summed E-state index contributed by atoms with van der Waals surface area (Å²) in [5, 5.41) is 11.5. The molecule has 26 heavy (non-hydrogen) atoms. The van der Waals surface area contributed by atoms with Gasteiger partial charge in [-0.1, -0.05) is 13.8 Å². The molecule has 0 unspecified atom stereocenters. The molecule has 9 heteroatoms. The first-order valence-electron chi connectivity index (χ1n) is 8.06. The third-order valence-corrected chi connectivity index (χ3v) is 3.94. The van der Waals surface area contributed by atoms with Crippen molar-refractivity contribution in [2.24, 2.45) is 5.92 Å². The van der Waals surface area contributed by atoms with Crippen LogP contribution in [0.25, 0.3) is 11.0 Å². The number of halogens is 3. The standard InChI is InChI=1S/C17H20F3N3O3/c1-8(2)13(15(25)26)22-14(24)10-5-6-12-11(7-10)21-16(17(18,19)20)23(12)9(3)4/h5-9,13H,1-4H3,(H,22,24)(H,25,26)/t13-/m1/s1. The Labute approximate surface area is 148 Å². The molecule has 1 aromatic heterocycles. The van der Waals surface area contributed by atoms with Crippen LogP contribution in [0.2, 0.25) is 0 Å². The van der Waals surface area contributed by atoms with E-state index < -0.39 is 36.0 Å². The molecular formula is C17H20F3N3O3. The molecule has 0 saturated heterocycles. The van der Waals surface area contributed by atoms with Crippen LogP contribution in [0.15, 0.2) is 18.2 Å². The van der Waals surface area contributed by atoms with Gasteiger partial charge in [0.15, 0.2) is 0 Å². The van der Waals surface area contributed by atoms with Crippen LogP contribution in [-0.2, 0) is 11.0 Å². The highest BCUT2D eigenvalue weighted by molar-refractivity contribution is 5.99. The van der Waals surface area contributed by atoms with E-state index in [0.29, 0.717) is 0 Å². The number of aliphatic carboxylic acids is 1. The maximum atomic E-state index is 13.2. The van der Waals surface area contributed by atoms with E-state index in [4.69, 9.17) is 5.11 Å². The van der Waals surface area contributed by atoms with Crippen LogP contribution in [-0.4, -0.2) is 32.6 Å². The van der Waals surface area contributed by atoms with Gasteiger partial charge in [0.1, 0.15) is 6.04 Å². The van der Waals surface area contributed by atoms with Crippen molar-refractivity contribution in [1.29, 1.82) is 0 Å². The Bertz CT molecular complexity index is 841. The topological polar surface area (TPSA) is 84.2 Å². The number of carbonyl (C=O) groups is 2. The lowest BCUT2D eigenvalue weighted by molar-refractivity contribution is -0.147. The molecule has 6 nitrogen and oxygen atoms in total. The van der Waals surface area contributed by atoms with Crippen LogP contribution in [0.1, 0.15) is 49.9 Å². The van der Waals surface area contributed by atoms with Crippen molar-refractivity contribution < 1.29 is 27.9 Å². The Balaban J connectivity index is 2.46. The predicted molar refractivity (Wildman–Crippen MR) is 88.8 cm³/mol. The third kappa shape index (κ3) is 3.81. The number of amides is 1. The Hall–Kier alpha value is -2.58. The smallest absolute Gasteiger partial charge is 0.449 e. The third-order valence-electron chi connectivity index (χ3n) is 3.94. The largest absolute Gasteiger partial charge is 0.480 e. The fourth-order valence-corrected chi connectivity index (χ4v) is 2.70. The van der Waals surface area contributed by atoms with Crippen molar-refractivity contribution in [2.45, 2.75) is 46.0 Å². The number of hydrogen-bond acceptors (Lipinski definition) is 3. The monoisotopic (exact) mass is 371 g/mol. The van der Waals surface area contributed by atoms with Crippen LogP contribution < -0.4 is 5.32 Å². The van der Waals surface area contributed by atoms with E-state index in [2.05, 4.69) is 10.3 Å². The molecule has 1 heterocycles. The number of rotatable bonds is 5. The Morgan fingerprint density at radius 3 is 2.27 bits per heavy atom. The highest BCUT2D eigenvalue weighted by atomic mass is 19.4. The van der Waals surface area contributed by atoms with Crippen LogP contribution in [0.4, 0.5) is 13.2 Å². The molecular weight excluding hydrogens is 351 g/mol. The molecule has 0 aliphatic rings. The van der Waals surface area contributed by atoms with Crippen molar-refractivity contribution in [2.75, 3.05) is 0 Å². The summed E-state index contributed by atoms with van der Waals surface area (Å²) in [6.07, 6.45) is -4.63. The average molecular weight is 371 g/mol. The van der Waals surface area contributed by atoms with Gasteiger partial charge in [0, 0.05) is 11.6 Å². The summed E-state index contributed by atoms with van der Waals surface area (Å²) in [4.78, 5) is 27.1. The summed E-state index contributed by atoms with van der Waals surface area (Å²) in [7, 11) is 0. The maximum Gasteiger partial charge on any atom is 0.449 e. The molecule has 2 N–H and O–H groups in total. The minimum Gasteiger partial charge on any atom is -0.480 e. The van der Waals surface area contributed by atoms with Crippen LogP contribution >= 0.6 is 0 Å². The zero-order valence-corrected chi connectivity index (χ0v) is 14.8. The SMILES string of the molecule is CC(C)[C@@H](NC(=O)c1ccc2c(c1)nc(C(F)(F)F)n2C(C)C)C(=O)O. The summed E-state index contributed by atoms with van der Waals surface area (Å²) in [5.74, 6) is -3.25. The first-order chi connectivity index (χ1) is 11.9. The number of carboxylic acids is 1. The molecule has 142 valence electrons. The molecule has 2 rings (SSSR count). The zero-order chi connectivity index (χ0) is 19.8. The number of nitrogens with zero attached hydrogens (tertiary/aromatic N) is 2. The van der Waals surface area contributed by atoms with Crippen LogP contribution in [0.3, 0.4) is 0 Å². The van der Waals surface area contributed by atoms with Crippen molar-refractivity contribution >= 4 is 22.9 Å². The minimum absolute atomic E-state index is 0.0232. The molecule has 0 radical (unpaired) electrons. The molecule has 0 spiro atoms. The quantitative estimate of drug-likeness (QED) is 0.843. The maximum absolute atomic E-state index is 13.2. The van der Waals surface area contributed by atoms with Gasteiger partial charge in [0.2, 0.25) is 5.82 Å². The fourth-order valence-electron chi connectivity index (χ4n) is 2.70. The van der Waals surface area contributed by atoms with Crippen molar-refractivity contribution in [1.82, 2.24) is 14.9 Å². The molecule has 1 amide bonds. The Kier molecular flexibility index (Phi) is 5.29. The molecule has 2 aromatic rings. The number of fused-ring (bicyclic) bond motifs is 1. The van der Waals surface area contributed by atoms with Gasteiger partial charge in [-0.25, -0.2) is 9.78 Å². The van der Waals surface area contributed by atoms with Gasteiger partial charge in [-0.05, 0) is 38.0 Å². The summed E-state index contributed by atoms with van der Waals surface area (Å²) in [5.41, 5.74) is 0.323. The number of alkyl halides is 3. The molecule has 0 saturated carbocycles. The number of aromatic nitrogens is 2. The van der Waals surface area contributed by atoms with E-state index in [1.54, 1.807) is 27.7 Å². The highest BCUT2D eigenvalue weighted by Crippen LogP contribution is 2.33. The minimum atomic E-state index is -4.63. The predicted octanol–water partition coefficient (Wildman–Crippen LogP) is 3.48. The second kappa shape index (κ2) is 6.97. The number of benzene rings is 1. The summed E-state index contributed by atoms with van der Waals surface area (Å²) in [6.45, 7) is 6.50. The highest BCUT2D eigenvalue weighted by Gasteiger charge is 2.38. The van der Waals surface area contributed by atoms with Crippen molar-refractivity contribution in [3.8, 4) is 0 Å². The second-order valence-electron chi connectivity index (χ2n) is 6.63. The zero-order valence-electron chi connectivity index (χ0n) is 14.8. The number of nitrogens with one attached hydrogen (secondary N) is 1. The number of carboxylic acid groups (broad SMARTS) is 1. The molecule has 0 bridgehead atoms. The normalized spacial score (nSPS) is 13.4. The Morgan fingerprint density at radius 1 is 1.19 bits per heavy atom. The van der Waals surface area contributed by atoms with E-state index in [-0.39, 0.29) is 22.5 Å². The summed E-state index contributed by atoms with van der Waals surface area (Å²) in [6, 6.07) is 2.40. The van der Waals surface area contributed by atoms with Crippen LogP contribution in [0, 0.1) is 5.92 Å². The first-order valence-corrected chi connectivity index (χ1v) is 8.06. The number of carbonyl (C=O) groups excluding carboxylic acids is 1. The number of imidazole rings is 1. The average Bonchev–Trinajstić information content (AvgIpc) is 2.90. The van der Waals surface area contributed by atoms with E-state index in [0.717, 1.165) is 4.57 Å². The first kappa shape index (κ1) is 19.7. The van der Waals surface area contributed by atoms with Gasteiger partial charge in [-0.2, -0.15) is 13.2 Å². The second-order valence-corrected chi connectivity index (χ2v) is 6.63. The van der Waals surface area contributed by atoms with Gasteiger partial charge < -0.3 is 15.0 Å². The lowest BCUT2D eigenvalue weighted by Crippen LogP contribution is -2.44. The lowest BCUT2D eigenvalue weighted by Gasteiger charge is -2.18. The lowest BCUT2D eigenvalue weighted by atomic mass is 10.0. The van der Waals surface area contributed by atoms with Gasteiger partial charge in [0.05, 0.1) is 11.0 Å². The van der Waals surface area contributed by atoms with Crippen LogP contribution in [0.5, 0.6) is 0 Å². The van der Waals surface area contributed by atoms with E-state index >= 15 is 0 Å². The molecule has 0 aliphatic carbocycles. The van der Waals surface area contributed by atoms with Crippen molar-refractivity contribution in [3.05, 3.63) is 29.6 Å². The van der Waals surface area contributed by atoms with Gasteiger partial charge >= 0.3 is 12.1 Å². The number of hydrogen-bond donors (Lipinski definition) is 2. The van der Waals surface area contributed by atoms with E-state index in [1.165, 1.54) is 18.2 Å². The van der Waals surface area contributed by atoms with Gasteiger partial charge in [-0.15, -0.1) is 0 Å².